The van der Waals surface area contributed by atoms with Crippen molar-refractivity contribution in [1.29, 1.82) is 0 Å². The van der Waals surface area contributed by atoms with Crippen LogP contribution in [0, 0.1) is 11.8 Å². The minimum absolute atomic E-state index is 0.121. The van der Waals surface area contributed by atoms with E-state index in [9.17, 15) is 5.11 Å². The molecule has 2 heterocycles. The fourth-order valence-electron chi connectivity index (χ4n) is 2.46. The van der Waals surface area contributed by atoms with Crippen molar-refractivity contribution in [3.05, 3.63) is 0 Å². The first-order valence-electron chi connectivity index (χ1n) is 5.01. The van der Waals surface area contributed by atoms with Crippen molar-refractivity contribution in [1.82, 2.24) is 10.2 Å². The number of hydrogen-bond acceptors (Lipinski definition) is 4. The molecule has 4 nitrogen and oxygen atoms in total. The van der Waals surface area contributed by atoms with E-state index in [-0.39, 0.29) is 6.61 Å². The van der Waals surface area contributed by atoms with Gasteiger partial charge in [-0.15, -0.1) is 0 Å². The van der Waals surface area contributed by atoms with E-state index >= 15 is 0 Å². The van der Waals surface area contributed by atoms with Gasteiger partial charge in [0.25, 0.3) is 0 Å². The first-order valence-corrected chi connectivity index (χ1v) is 5.01. The average Bonchev–Trinajstić information content (AvgIpc) is 2.63. The molecular formula is C9H18N2O2. The van der Waals surface area contributed by atoms with Crippen LogP contribution in [0.5, 0.6) is 0 Å². The number of likely N-dealkylation sites (tertiary alicyclic amines) is 1. The highest BCUT2D eigenvalue weighted by Crippen LogP contribution is 2.25. The molecule has 0 aromatic rings. The minimum atomic E-state index is -0.563. The molecular weight excluding hydrogens is 168 g/mol. The normalized spacial score (nSPS) is 36.5. The van der Waals surface area contributed by atoms with Gasteiger partial charge in [0, 0.05) is 19.6 Å². The number of nitrogens with zero attached hydrogens (tertiary/aromatic N) is 1. The highest BCUT2D eigenvalue weighted by molar-refractivity contribution is 4.91. The van der Waals surface area contributed by atoms with Crippen LogP contribution in [0.2, 0.25) is 0 Å². The zero-order valence-electron chi connectivity index (χ0n) is 7.82. The maximum absolute atomic E-state index is 9.27. The van der Waals surface area contributed by atoms with Crippen molar-refractivity contribution in [3.8, 4) is 0 Å². The van der Waals surface area contributed by atoms with Gasteiger partial charge in [0.15, 0.2) is 0 Å². The fraction of sp³-hybridized carbons (Fsp3) is 1.00. The van der Waals surface area contributed by atoms with Gasteiger partial charge in [0.05, 0.1) is 12.7 Å². The molecule has 4 heteroatoms. The Labute approximate surface area is 78.5 Å². The monoisotopic (exact) mass is 186 g/mol. The number of hydrogen-bond donors (Lipinski definition) is 3. The predicted molar refractivity (Wildman–Crippen MR) is 49.4 cm³/mol. The topological polar surface area (TPSA) is 55.7 Å². The molecule has 0 bridgehead atoms. The van der Waals surface area contributed by atoms with Gasteiger partial charge in [-0.3, -0.25) is 0 Å². The van der Waals surface area contributed by atoms with E-state index in [0.29, 0.717) is 6.54 Å². The summed E-state index contributed by atoms with van der Waals surface area (Å²) in [7, 11) is 0. The average molecular weight is 186 g/mol. The third kappa shape index (κ3) is 2.02. The lowest BCUT2D eigenvalue weighted by Gasteiger charge is -2.19. The van der Waals surface area contributed by atoms with Crippen molar-refractivity contribution in [2.75, 3.05) is 39.3 Å². The van der Waals surface area contributed by atoms with Crippen molar-refractivity contribution in [2.24, 2.45) is 11.8 Å². The van der Waals surface area contributed by atoms with Gasteiger partial charge in [-0.2, -0.15) is 0 Å². The van der Waals surface area contributed by atoms with Crippen LogP contribution in [0.1, 0.15) is 0 Å². The maximum Gasteiger partial charge on any atom is 0.0897 e. The zero-order valence-corrected chi connectivity index (χ0v) is 7.82. The molecule has 0 radical (unpaired) electrons. The third-order valence-corrected chi connectivity index (χ3v) is 3.14. The molecule has 0 aromatic carbocycles. The van der Waals surface area contributed by atoms with Crippen LogP contribution >= 0.6 is 0 Å². The number of rotatable bonds is 3. The van der Waals surface area contributed by atoms with Crippen LogP contribution in [0.25, 0.3) is 0 Å². The second kappa shape index (κ2) is 3.92. The molecule has 0 spiro atoms. The summed E-state index contributed by atoms with van der Waals surface area (Å²) in [5, 5.41) is 21.4. The Balaban J connectivity index is 1.78. The van der Waals surface area contributed by atoms with Gasteiger partial charge in [-0.1, -0.05) is 0 Å². The first-order chi connectivity index (χ1) is 6.29. The molecule has 2 fully saturated rings. The van der Waals surface area contributed by atoms with Crippen molar-refractivity contribution < 1.29 is 10.2 Å². The van der Waals surface area contributed by atoms with Gasteiger partial charge in [0.2, 0.25) is 0 Å². The highest BCUT2D eigenvalue weighted by Gasteiger charge is 2.36. The molecule has 0 saturated carbocycles. The predicted octanol–water partition coefficient (Wildman–Crippen LogP) is -1.51. The second-order valence-corrected chi connectivity index (χ2v) is 4.23. The third-order valence-electron chi connectivity index (χ3n) is 3.14. The molecule has 0 amide bonds. The SMILES string of the molecule is OCC(O)CN1CC2CNCC2C1. The highest BCUT2D eigenvalue weighted by atomic mass is 16.3. The smallest absolute Gasteiger partial charge is 0.0897 e. The summed E-state index contributed by atoms with van der Waals surface area (Å²) in [6.07, 6.45) is -0.563. The number of aliphatic hydroxyl groups excluding tert-OH is 2. The van der Waals surface area contributed by atoms with E-state index in [2.05, 4.69) is 10.2 Å². The van der Waals surface area contributed by atoms with Crippen LogP contribution in [-0.4, -0.2) is 60.5 Å². The lowest BCUT2D eigenvalue weighted by atomic mass is 10.0. The second-order valence-electron chi connectivity index (χ2n) is 4.23. The maximum atomic E-state index is 9.27. The van der Waals surface area contributed by atoms with E-state index < -0.39 is 6.10 Å². The summed E-state index contributed by atoms with van der Waals surface area (Å²) < 4.78 is 0. The molecule has 2 rings (SSSR count). The summed E-state index contributed by atoms with van der Waals surface area (Å²) >= 11 is 0. The van der Waals surface area contributed by atoms with E-state index in [4.69, 9.17) is 5.11 Å². The summed E-state index contributed by atoms with van der Waals surface area (Å²) in [6, 6.07) is 0. The molecule has 0 aromatic heterocycles. The number of fused-ring (bicyclic) bond motifs is 1. The fourth-order valence-corrected chi connectivity index (χ4v) is 2.46. The quantitative estimate of drug-likeness (QED) is 0.501. The van der Waals surface area contributed by atoms with Gasteiger partial charge >= 0.3 is 0 Å². The van der Waals surface area contributed by atoms with Crippen molar-refractivity contribution in [3.63, 3.8) is 0 Å². The van der Waals surface area contributed by atoms with Crippen LogP contribution in [0.4, 0.5) is 0 Å². The lowest BCUT2D eigenvalue weighted by Crippen LogP contribution is -2.34. The molecule has 13 heavy (non-hydrogen) atoms. The molecule has 2 aliphatic rings. The Kier molecular flexibility index (Phi) is 2.83. The molecule has 2 saturated heterocycles. The van der Waals surface area contributed by atoms with Crippen LogP contribution in [-0.2, 0) is 0 Å². The molecule has 3 atom stereocenters. The Morgan fingerprint density at radius 3 is 2.46 bits per heavy atom. The van der Waals surface area contributed by atoms with Gasteiger partial charge < -0.3 is 20.4 Å². The Morgan fingerprint density at radius 2 is 1.92 bits per heavy atom. The Hall–Kier alpha value is -0.160. The van der Waals surface area contributed by atoms with Crippen LogP contribution < -0.4 is 5.32 Å². The number of nitrogens with one attached hydrogen (secondary N) is 1. The molecule has 2 aliphatic heterocycles. The molecule has 3 N–H and O–H groups in total. The summed E-state index contributed by atoms with van der Waals surface area (Å²) in [5.41, 5.74) is 0. The van der Waals surface area contributed by atoms with Crippen LogP contribution in [0.15, 0.2) is 0 Å². The Bertz CT molecular complexity index is 162. The largest absolute Gasteiger partial charge is 0.394 e. The molecule has 76 valence electrons. The summed E-state index contributed by atoms with van der Waals surface area (Å²) in [6.45, 7) is 4.91. The van der Waals surface area contributed by atoms with Crippen LogP contribution in [0.3, 0.4) is 0 Å². The summed E-state index contributed by atoms with van der Waals surface area (Å²) in [5.74, 6) is 1.54. The van der Waals surface area contributed by atoms with Gasteiger partial charge in [0.1, 0.15) is 0 Å². The zero-order chi connectivity index (χ0) is 9.26. The van der Waals surface area contributed by atoms with Gasteiger partial charge in [-0.05, 0) is 24.9 Å². The Morgan fingerprint density at radius 1 is 1.31 bits per heavy atom. The van der Waals surface area contributed by atoms with E-state index in [0.717, 1.165) is 38.0 Å². The standard InChI is InChI=1S/C9H18N2O2/c12-6-9(13)5-11-3-7-1-10-2-8(7)4-11/h7-10,12-13H,1-6H2. The van der Waals surface area contributed by atoms with E-state index in [1.807, 2.05) is 0 Å². The van der Waals surface area contributed by atoms with E-state index in [1.54, 1.807) is 0 Å². The van der Waals surface area contributed by atoms with Crippen molar-refractivity contribution in [2.45, 2.75) is 6.10 Å². The minimum Gasteiger partial charge on any atom is -0.394 e. The number of aliphatic hydroxyl groups is 2. The molecule has 3 unspecified atom stereocenters. The lowest BCUT2D eigenvalue weighted by molar-refractivity contribution is 0.0641. The first kappa shape index (κ1) is 9.40. The van der Waals surface area contributed by atoms with E-state index in [1.165, 1.54) is 0 Å². The molecule has 0 aliphatic carbocycles. The number of β-amino-alcohol motifs (C(OH)–C–C–N with tert-alkyl or cyclic N) is 1. The summed E-state index contributed by atoms with van der Waals surface area (Å²) in [4.78, 5) is 2.26. The van der Waals surface area contributed by atoms with Crippen molar-refractivity contribution >= 4 is 0 Å². The van der Waals surface area contributed by atoms with Gasteiger partial charge in [-0.25, -0.2) is 0 Å².